The highest BCUT2D eigenvalue weighted by Gasteiger charge is 2.54. The third kappa shape index (κ3) is 11.2. The normalized spacial score (nSPS) is 32.4. The van der Waals surface area contributed by atoms with Crippen molar-refractivity contribution < 1.29 is 67.5 Å². The monoisotopic (exact) mass is 770 g/mol. The maximum Gasteiger partial charge on any atom is 0.338 e. The molecule has 6 bridgehead atoms. The van der Waals surface area contributed by atoms with E-state index >= 15 is 0 Å². The van der Waals surface area contributed by atoms with Gasteiger partial charge in [-0.1, -0.05) is 36.5 Å². The number of cyclic esters (lactones) is 2. The number of carboxylic acid groups (broad SMARTS) is 1. The molecule has 0 spiro atoms. The van der Waals surface area contributed by atoms with E-state index in [1.54, 1.807) is 0 Å². The Hall–Kier alpha value is -4.59. The van der Waals surface area contributed by atoms with Crippen LogP contribution >= 0.6 is 0 Å². The minimum atomic E-state index is -0.891. The number of carbonyl (C=O) groups excluding carboxylic acids is 6. The van der Waals surface area contributed by atoms with E-state index in [0.29, 0.717) is 11.8 Å². The summed E-state index contributed by atoms with van der Waals surface area (Å²) < 4.78 is 24.5. The van der Waals surface area contributed by atoms with E-state index in [4.69, 9.17) is 24.4 Å². The van der Waals surface area contributed by atoms with Gasteiger partial charge in [0.2, 0.25) is 0 Å². The van der Waals surface area contributed by atoms with Crippen molar-refractivity contribution in [1.82, 2.24) is 0 Å². The second kappa shape index (κ2) is 17.9. The fraction of sp³-hybridized carbons (Fsp3) is 0.634. The summed E-state index contributed by atoms with van der Waals surface area (Å²) in [7, 11) is 1.30. The minimum absolute atomic E-state index is 0.0154. The molecule has 0 aromatic carbocycles. The second-order valence-electron chi connectivity index (χ2n) is 16.8. The van der Waals surface area contributed by atoms with E-state index in [0.717, 1.165) is 37.8 Å². The molecule has 55 heavy (non-hydrogen) atoms. The van der Waals surface area contributed by atoms with Gasteiger partial charge in [-0.05, 0) is 103 Å². The van der Waals surface area contributed by atoms with Gasteiger partial charge in [0, 0.05) is 12.2 Å². The number of rotatable bonds is 7. The zero-order valence-corrected chi connectivity index (χ0v) is 32.5. The third-order valence-electron chi connectivity index (χ3n) is 10.5. The molecule has 11 unspecified atom stereocenters. The Labute approximate surface area is 321 Å². The molecular formula is C41H54O14. The molecule has 14 nitrogen and oxygen atoms in total. The lowest BCUT2D eigenvalue weighted by Crippen LogP contribution is -2.40. The van der Waals surface area contributed by atoms with Crippen LogP contribution in [0.15, 0.2) is 48.6 Å². The summed E-state index contributed by atoms with van der Waals surface area (Å²) in [6.45, 7) is 11.1. The zero-order valence-electron chi connectivity index (χ0n) is 32.5. The molecule has 0 saturated heterocycles. The highest BCUT2D eigenvalue weighted by Crippen LogP contribution is 2.50. The summed E-state index contributed by atoms with van der Waals surface area (Å²) in [5, 5.41) is 17.5. The van der Waals surface area contributed by atoms with Gasteiger partial charge in [-0.3, -0.25) is 24.0 Å². The quantitative estimate of drug-likeness (QED) is 0.162. The maximum absolute atomic E-state index is 12.5. The lowest BCUT2D eigenvalue weighted by Gasteiger charge is -2.30. The molecular weight excluding hydrogens is 716 g/mol. The van der Waals surface area contributed by atoms with Gasteiger partial charge in [0.15, 0.2) is 0 Å². The number of aliphatic hydroxyl groups is 1. The Morgan fingerprint density at radius 3 is 1.40 bits per heavy atom. The number of hydrogen-bond acceptors (Lipinski definition) is 13. The topological polar surface area (TPSA) is 206 Å². The number of carbonyl (C=O) groups is 7. The Balaban J connectivity index is 0.000000173. The Kier molecular flexibility index (Phi) is 14.0. The van der Waals surface area contributed by atoms with Gasteiger partial charge in [0.1, 0.15) is 17.8 Å². The second-order valence-corrected chi connectivity index (χ2v) is 16.8. The molecule has 6 aliphatic carbocycles. The van der Waals surface area contributed by atoms with Gasteiger partial charge in [0.25, 0.3) is 0 Å². The van der Waals surface area contributed by atoms with Crippen LogP contribution in [-0.2, 0) is 57.2 Å². The van der Waals surface area contributed by atoms with Crippen molar-refractivity contribution in [3.8, 4) is 0 Å². The molecule has 1 aliphatic heterocycles. The Bertz CT molecular complexity index is 1550. The number of methoxy groups -OCH3 is 1. The molecule has 7 rings (SSSR count). The highest BCUT2D eigenvalue weighted by atomic mass is 16.6. The summed E-state index contributed by atoms with van der Waals surface area (Å²) in [4.78, 5) is 78.6. The number of esters is 6. The van der Waals surface area contributed by atoms with E-state index in [-0.39, 0.29) is 60.7 Å². The number of carboxylic acids is 1. The molecule has 2 N–H and O–H groups in total. The van der Waals surface area contributed by atoms with Crippen LogP contribution in [0.1, 0.15) is 67.2 Å². The van der Waals surface area contributed by atoms with Crippen molar-refractivity contribution in [1.29, 1.82) is 0 Å². The molecule has 3 saturated carbocycles. The first-order valence-electron chi connectivity index (χ1n) is 18.8. The van der Waals surface area contributed by atoms with Crippen LogP contribution in [0.25, 0.3) is 0 Å². The van der Waals surface area contributed by atoms with E-state index in [1.807, 2.05) is 65.8 Å². The first-order chi connectivity index (χ1) is 25.7. The number of allylic oxidation sites excluding steroid dienone is 6. The zero-order chi connectivity index (χ0) is 40.8. The van der Waals surface area contributed by atoms with Crippen molar-refractivity contribution >= 4 is 41.8 Å². The maximum atomic E-state index is 12.5. The van der Waals surface area contributed by atoms with Gasteiger partial charge >= 0.3 is 41.8 Å². The number of ether oxygens (including phenoxy) is 5. The first-order valence-corrected chi connectivity index (χ1v) is 18.8. The molecule has 3 fully saturated rings. The smallest absolute Gasteiger partial charge is 0.338 e. The van der Waals surface area contributed by atoms with E-state index in [1.165, 1.54) is 7.11 Å². The van der Waals surface area contributed by atoms with Gasteiger partial charge in [0.05, 0.1) is 43.3 Å². The molecule has 0 radical (unpaired) electrons. The summed E-state index contributed by atoms with van der Waals surface area (Å²) in [6, 6.07) is 0. The van der Waals surface area contributed by atoms with Crippen molar-refractivity contribution in [3.05, 3.63) is 48.6 Å². The van der Waals surface area contributed by atoms with Crippen LogP contribution in [0, 0.1) is 65.1 Å². The van der Waals surface area contributed by atoms with E-state index < -0.39 is 58.8 Å². The molecule has 11 atom stereocenters. The molecule has 0 aromatic heterocycles. The highest BCUT2D eigenvalue weighted by molar-refractivity contribution is 6.04. The van der Waals surface area contributed by atoms with Gasteiger partial charge in [-0.2, -0.15) is 0 Å². The van der Waals surface area contributed by atoms with Crippen molar-refractivity contribution in [2.75, 3.05) is 20.3 Å². The lowest BCUT2D eigenvalue weighted by atomic mass is 9.83. The summed E-state index contributed by atoms with van der Waals surface area (Å²) in [5.74, 6) is -3.69. The number of aliphatic hydroxyl groups excluding tert-OH is 1. The molecule has 1 heterocycles. The van der Waals surface area contributed by atoms with Gasteiger partial charge < -0.3 is 33.9 Å². The van der Waals surface area contributed by atoms with Crippen molar-refractivity contribution in [3.63, 3.8) is 0 Å². The van der Waals surface area contributed by atoms with Crippen LogP contribution in [0.2, 0.25) is 0 Å². The van der Waals surface area contributed by atoms with Crippen LogP contribution in [0.3, 0.4) is 0 Å². The minimum Gasteiger partial charge on any atom is -0.481 e. The van der Waals surface area contributed by atoms with Crippen molar-refractivity contribution in [2.24, 2.45) is 65.1 Å². The van der Waals surface area contributed by atoms with Crippen LogP contribution in [0.4, 0.5) is 0 Å². The number of hydrogen-bond donors (Lipinski definition) is 2. The van der Waals surface area contributed by atoms with E-state index in [9.17, 15) is 33.6 Å². The molecule has 302 valence electrons. The number of aliphatic carboxylic acids is 1. The van der Waals surface area contributed by atoms with Crippen LogP contribution < -0.4 is 0 Å². The number of fused-ring (bicyclic) bond motifs is 6. The van der Waals surface area contributed by atoms with Crippen LogP contribution in [-0.4, -0.2) is 83.5 Å². The molecule has 0 aromatic rings. The summed E-state index contributed by atoms with van der Waals surface area (Å²) in [6.07, 6.45) is 18.1. The average molecular weight is 771 g/mol. The standard InChI is InChI=1S/C17H26O4.C10H12O4.C10H14O3.C4H2O3/c1-16(2,3)20-14(18)12-10-7-8-11(9-10)13(12)15(19)21-17(4,5)6;1-14-10(13)8-6-3-2-5(4-6)7(8)9(11)12;11-3-4-13-10(12)9-6-7-1-2-8(9)5-7;5-3-1-2-4(6)7-3/h7-8,10-13H,9H2,1-6H3;2-3,5-8H,4H2,1H3,(H,11,12);1-2,7-9,11H,3-6H2;1-2H. The summed E-state index contributed by atoms with van der Waals surface area (Å²) >= 11 is 0. The fourth-order valence-corrected chi connectivity index (χ4v) is 8.43. The average Bonchev–Trinajstić information content (AvgIpc) is 3.96. The predicted octanol–water partition coefficient (Wildman–Crippen LogP) is 4.15. The van der Waals surface area contributed by atoms with E-state index in [2.05, 4.69) is 21.6 Å². The lowest BCUT2D eigenvalue weighted by molar-refractivity contribution is -0.173. The fourth-order valence-electron chi connectivity index (χ4n) is 8.43. The van der Waals surface area contributed by atoms with Crippen molar-refractivity contribution in [2.45, 2.75) is 78.4 Å². The largest absolute Gasteiger partial charge is 0.481 e. The molecule has 14 heteroatoms. The summed E-state index contributed by atoms with van der Waals surface area (Å²) in [5.41, 5.74) is -1.08. The SMILES string of the molecule is CC(C)(C)OC(=O)C1C2C=CC(C2)C1C(=O)OC(C)(C)C.COC(=O)C1C2C=CC(C2)C1C(=O)O.O=C(OCCO)C1CC2C=CC1C2.O=C1C=CC(=O)O1. The van der Waals surface area contributed by atoms with Gasteiger partial charge in [-0.15, -0.1) is 0 Å². The predicted molar refractivity (Wildman–Crippen MR) is 194 cm³/mol. The Morgan fingerprint density at radius 2 is 1.07 bits per heavy atom. The third-order valence-corrected chi connectivity index (χ3v) is 10.5. The van der Waals surface area contributed by atoms with Gasteiger partial charge in [-0.25, -0.2) is 9.59 Å². The first kappa shape index (κ1) is 43.1. The van der Waals surface area contributed by atoms with Crippen LogP contribution in [0.5, 0.6) is 0 Å². The molecule has 0 amide bonds. The molecule has 7 aliphatic rings. The Morgan fingerprint density at radius 1 is 0.636 bits per heavy atom.